The molecular formula is C14H15F3N2. The number of anilines is 1. The third-order valence-electron chi connectivity index (χ3n) is 3.54. The van der Waals surface area contributed by atoms with Crippen molar-refractivity contribution in [2.45, 2.75) is 38.4 Å². The summed E-state index contributed by atoms with van der Waals surface area (Å²) in [6, 6.07) is 5.67. The van der Waals surface area contributed by atoms with Crippen LogP contribution in [-0.2, 0) is 6.18 Å². The average Bonchev–Trinajstić information content (AvgIpc) is 2.38. The molecule has 1 aromatic carbocycles. The standard InChI is InChI=1S/C14H15F3N2/c1-10-4-2-3-7-19(10)13-6-5-11(9-18)8-12(13)14(15,16)17/h5-6,8,10H,2-4,7H2,1H3/t10-/m1/s1. The molecule has 0 aromatic heterocycles. The van der Waals surface area contributed by atoms with E-state index >= 15 is 0 Å². The zero-order valence-corrected chi connectivity index (χ0v) is 10.7. The highest BCUT2D eigenvalue weighted by Crippen LogP contribution is 2.39. The summed E-state index contributed by atoms with van der Waals surface area (Å²) in [5.41, 5.74) is -0.472. The molecule has 0 spiro atoms. The lowest BCUT2D eigenvalue weighted by Gasteiger charge is -2.37. The minimum Gasteiger partial charge on any atom is -0.368 e. The second-order valence-electron chi connectivity index (χ2n) is 4.88. The first-order valence-electron chi connectivity index (χ1n) is 6.31. The molecule has 2 nitrogen and oxygen atoms in total. The van der Waals surface area contributed by atoms with Crippen LogP contribution in [0.4, 0.5) is 18.9 Å². The SMILES string of the molecule is C[C@@H]1CCCCN1c1ccc(C#N)cc1C(F)(F)F. The third-order valence-corrected chi connectivity index (χ3v) is 3.54. The molecule has 0 unspecified atom stereocenters. The first kappa shape index (κ1) is 13.7. The molecule has 2 rings (SSSR count). The van der Waals surface area contributed by atoms with Crippen LogP contribution in [0.5, 0.6) is 0 Å². The Balaban J connectivity index is 2.47. The van der Waals surface area contributed by atoms with Crippen molar-refractivity contribution in [3.05, 3.63) is 29.3 Å². The molecule has 1 aliphatic rings. The zero-order chi connectivity index (χ0) is 14.0. The Kier molecular flexibility index (Phi) is 3.70. The van der Waals surface area contributed by atoms with Gasteiger partial charge in [-0.25, -0.2) is 0 Å². The summed E-state index contributed by atoms with van der Waals surface area (Å²) in [5.74, 6) is 0. The second-order valence-corrected chi connectivity index (χ2v) is 4.88. The highest BCUT2D eigenvalue weighted by Gasteiger charge is 2.36. The zero-order valence-electron chi connectivity index (χ0n) is 10.7. The number of rotatable bonds is 1. The van der Waals surface area contributed by atoms with E-state index in [9.17, 15) is 13.2 Å². The lowest BCUT2D eigenvalue weighted by molar-refractivity contribution is -0.137. The predicted molar refractivity (Wildman–Crippen MR) is 66.8 cm³/mol. The summed E-state index contributed by atoms with van der Waals surface area (Å²) in [6.07, 6.45) is -1.58. The summed E-state index contributed by atoms with van der Waals surface area (Å²) in [7, 11) is 0. The van der Waals surface area contributed by atoms with Crippen LogP contribution in [0.2, 0.25) is 0 Å². The number of nitrogens with zero attached hydrogens (tertiary/aromatic N) is 2. The molecule has 1 atom stereocenters. The van der Waals surface area contributed by atoms with E-state index in [4.69, 9.17) is 5.26 Å². The predicted octanol–water partition coefficient (Wildman–Crippen LogP) is 3.96. The van der Waals surface area contributed by atoms with E-state index in [1.165, 1.54) is 12.1 Å². The number of nitriles is 1. The Morgan fingerprint density at radius 3 is 2.63 bits per heavy atom. The van der Waals surface area contributed by atoms with Crippen LogP contribution in [-0.4, -0.2) is 12.6 Å². The summed E-state index contributed by atoms with van der Waals surface area (Å²) in [6.45, 7) is 2.58. The molecule has 0 bridgehead atoms. The van der Waals surface area contributed by atoms with Gasteiger partial charge >= 0.3 is 6.18 Å². The topological polar surface area (TPSA) is 27.0 Å². The molecule has 1 aliphatic heterocycles. The first-order valence-corrected chi connectivity index (χ1v) is 6.31. The van der Waals surface area contributed by atoms with Crippen molar-refractivity contribution in [2.75, 3.05) is 11.4 Å². The fourth-order valence-corrected chi connectivity index (χ4v) is 2.54. The van der Waals surface area contributed by atoms with Gasteiger partial charge in [0.25, 0.3) is 0 Å². The number of halogens is 3. The van der Waals surface area contributed by atoms with E-state index < -0.39 is 11.7 Å². The number of hydrogen-bond acceptors (Lipinski definition) is 2. The molecule has 1 aromatic rings. The van der Waals surface area contributed by atoms with Crippen molar-refractivity contribution in [3.8, 4) is 6.07 Å². The number of alkyl halides is 3. The van der Waals surface area contributed by atoms with Gasteiger partial charge in [-0.3, -0.25) is 0 Å². The fourth-order valence-electron chi connectivity index (χ4n) is 2.54. The molecule has 102 valence electrons. The number of piperidine rings is 1. The third kappa shape index (κ3) is 2.83. The fraction of sp³-hybridized carbons (Fsp3) is 0.500. The van der Waals surface area contributed by atoms with Crippen molar-refractivity contribution >= 4 is 5.69 Å². The van der Waals surface area contributed by atoms with Crippen molar-refractivity contribution in [3.63, 3.8) is 0 Å². The van der Waals surface area contributed by atoms with E-state index in [1.54, 1.807) is 11.0 Å². The molecule has 1 heterocycles. The van der Waals surface area contributed by atoms with E-state index in [1.807, 2.05) is 6.92 Å². The molecule has 0 aliphatic carbocycles. The Bertz CT molecular complexity index is 502. The molecule has 5 heteroatoms. The smallest absolute Gasteiger partial charge is 0.368 e. The second kappa shape index (κ2) is 5.12. The van der Waals surface area contributed by atoms with Gasteiger partial charge < -0.3 is 4.90 Å². The summed E-state index contributed by atoms with van der Waals surface area (Å²) in [4.78, 5) is 1.80. The molecule has 19 heavy (non-hydrogen) atoms. The Hall–Kier alpha value is -1.70. The van der Waals surface area contributed by atoms with Crippen molar-refractivity contribution in [2.24, 2.45) is 0 Å². The molecular weight excluding hydrogens is 253 g/mol. The summed E-state index contributed by atoms with van der Waals surface area (Å²) >= 11 is 0. The van der Waals surface area contributed by atoms with Crippen LogP contribution in [0, 0.1) is 11.3 Å². The van der Waals surface area contributed by atoms with Crippen molar-refractivity contribution in [1.29, 1.82) is 5.26 Å². The lowest BCUT2D eigenvalue weighted by Crippen LogP contribution is -2.38. The van der Waals surface area contributed by atoms with Gasteiger partial charge in [-0.05, 0) is 44.4 Å². The van der Waals surface area contributed by atoms with E-state index in [-0.39, 0.29) is 17.3 Å². The van der Waals surface area contributed by atoms with Gasteiger partial charge in [-0.2, -0.15) is 18.4 Å². The molecule has 0 amide bonds. The molecule has 0 N–H and O–H groups in total. The van der Waals surface area contributed by atoms with Gasteiger partial charge in [0.1, 0.15) is 0 Å². The Labute approximate surface area is 110 Å². The first-order chi connectivity index (χ1) is 8.93. The van der Waals surface area contributed by atoms with Crippen LogP contribution < -0.4 is 4.90 Å². The van der Waals surface area contributed by atoms with Gasteiger partial charge in [0.2, 0.25) is 0 Å². The maximum atomic E-state index is 13.1. The maximum Gasteiger partial charge on any atom is 0.418 e. The highest BCUT2D eigenvalue weighted by atomic mass is 19.4. The summed E-state index contributed by atoms with van der Waals surface area (Å²) in [5, 5.41) is 8.75. The maximum absolute atomic E-state index is 13.1. The quantitative estimate of drug-likeness (QED) is 0.771. The molecule has 1 fully saturated rings. The van der Waals surface area contributed by atoms with Gasteiger partial charge in [-0.1, -0.05) is 0 Å². The normalized spacial score (nSPS) is 20.2. The van der Waals surface area contributed by atoms with Crippen LogP contribution in [0.3, 0.4) is 0 Å². The van der Waals surface area contributed by atoms with Crippen molar-refractivity contribution < 1.29 is 13.2 Å². The number of benzene rings is 1. The Morgan fingerprint density at radius 2 is 2.05 bits per heavy atom. The van der Waals surface area contributed by atoms with Crippen LogP contribution in [0.15, 0.2) is 18.2 Å². The van der Waals surface area contributed by atoms with E-state index in [0.29, 0.717) is 6.54 Å². The van der Waals surface area contributed by atoms with Crippen molar-refractivity contribution in [1.82, 2.24) is 0 Å². The van der Waals surface area contributed by atoms with Gasteiger partial charge in [-0.15, -0.1) is 0 Å². The highest BCUT2D eigenvalue weighted by molar-refractivity contribution is 5.58. The largest absolute Gasteiger partial charge is 0.418 e. The van der Waals surface area contributed by atoms with Gasteiger partial charge in [0.15, 0.2) is 0 Å². The van der Waals surface area contributed by atoms with Gasteiger partial charge in [0, 0.05) is 18.3 Å². The summed E-state index contributed by atoms with van der Waals surface area (Å²) < 4.78 is 39.3. The lowest BCUT2D eigenvalue weighted by atomic mass is 10.00. The molecule has 1 saturated heterocycles. The van der Waals surface area contributed by atoms with Crippen LogP contribution in [0.1, 0.15) is 37.3 Å². The number of hydrogen-bond donors (Lipinski definition) is 0. The monoisotopic (exact) mass is 268 g/mol. The Morgan fingerprint density at radius 1 is 1.32 bits per heavy atom. The van der Waals surface area contributed by atoms with E-state index in [2.05, 4.69) is 0 Å². The molecule has 0 saturated carbocycles. The van der Waals surface area contributed by atoms with Gasteiger partial charge in [0.05, 0.1) is 17.2 Å². The minimum absolute atomic E-state index is 0.0423. The minimum atomic E-state index is -4.43. The van der Waals surface area contributed by atoms with Crippen LogP contribution >= 0.6 is 0 Å². The average molecular weight is 268 g/mol. The van der Waals surface area contributed by atoms with Crippen LogP contribution in [0.25, 0.3) is 0 Å². The molecule has 0 radical (unpaired) electrons. The van der Waals surface area contributed by atoms with E-state index in [0.717, 1.165) is 25.3 Å².